The van der Waals surface area contributed by atoms with Crippen molar-refractivity contribution in [3.05, 3.63) is 47.1 Å². The third-order valence-electron chi connectivity index (χ3n) is 7.12. The molecule has 0 atom stereocenters. The summed E-state index contributed by atoms with van der Waals surface area (Å²) < 4.78 is 62.5. The predicted molar refractivity (Wildman–Crippen MR) is 139 cm³/mol. The van der Waals surface area contributed by atoms with Crippen LogP contribution in [-0.2, 0) is 16.4 Å². The highest BCUT2D eigenvalue weighted by molar-refractivity contribution is 7.88. The van der Waals surface area contributed by atoms with Crippen molar-refractivity contribution in [1.29, 1.82) is 0 Å². The molecule has 1 saturated heterocycles. The zero-order chi connectivity index (χ0) is 26.6. The van der Waals surface area contributed by atoms with E-state index >= 15 is 0 Å². The minimum absolute atomic E-state index is 0. The van der Waals surface area contributed by atoms with Crippen LogP contribution in [-0.4, -0.2) is 67.2 Å². The second kappa shape index (κ2) is 9.12. The number of thiophene rings is 1. The number of nitrogens with one attached hydrogen (secondary N) is 1. The molecule has 1 aromatic carbocycles. The molecule has 8 nitrogen and oxygen atoms in total. The van der Waals surface area contributed by atoms with Gasteiger partial charge in [-0.2, -0.15) is 13.2 Å². The minimum Gasteiger partial charge on any atom is -0.382 e. The van der Waals surface area contributed by atoms with Crippen LogP contribution < -0.4 is 10.2 Å². The number of sulfonamides is 1. The number of rotatable bonds is 6. The highest BCUT2D eigenvalue weighted by Gasteiger charge is 2.49. The fourth-order valence-electron chi connectivity index (χ4n) is 5.24. The molecule has 200 valence electrons. The van der Waals surface area contributed by atoms with Gasteiger partial charge in [-0.15, -0.1) is 11.3 Å². The molecule has 3 heterocycles. The van der Waals surface area contributed by atoms with Gasteiger partial charge in [-0.3, -0.25) is 4.79 Å². The first-order valence-corrected chi connectivity index (χ1v) is 14.4. The summed E-state index contributed by atoms with van der Waals surface area (Å²) >= 11 is 1.06. The zero-order valence-corrected chi connectivity index (χ0v) is 21.9. The number of anilines is 2. The van der Waals surface area contributed by atoms with Gasteiger partial charge in [0.25, 0.3) is 5.91 Å². The number of carbonyl (C=O) groups is 1. The van der Waals surface area contributed by atoms with Gasteiger partial charge in [-0.25, -0.2) is 22.7 Å². The van der Waals surface area contributed by atoms with Crippen LogP contribution >= 0.6 is 11.3 Å². The fourth-order valence-corrected chi connectivity index (χ4v) is 6.67. The van der Waals surface area contributed by atoms with Crippen LogP contribution in [0.4, 0.5) is 24.7 Å². The third kappa shape index (κ3) is 5.37. The van der Waals surface area contributed by atoms with Gasteiger partial charge in [-0.1, -0.05) is 0 Å². The van der Waals surface area contributed by atoms with Gasteiger partial charge in [0.05, 0.1) is 18.1 Å². The molecule has 37 heavy (non-hydrogen) atoms. The highest BCUT2D eigenvalue weighted by Crippen LogP contribution is 2.50. The van der Waals surface area contributed by atoms with E-state index < -0.39 is 28.5 Å². The molecule has 1 aliphatic heterocycles. The van der Waals surface area contributed by atoms with Gasteiger partial charge in [0, 0.05) is 43.7 Å². The molecule has 3 aromatic rings. The van der Waals surface area contributed by atoms with Gasteiger partial charge in [-0.05, 0) is 55.0 Å². The molecule has 2 aromatic heterocycles. The second-order valence-corrected chi connectivity index (χ2v) is 13.1. The monoisotopic (exact) mass is 555 g/mol. The quantitative estimate of drug-likeness (QED) is 0.477. The van der Waals surface area contributed by atoms with Crippen LogP contribution in [0.1, 0.15) is 35.9 Å². The smallest absolute Gasteiger partial charge is 0.382 e. The van der Waals surface area contributed by atoms with E-state index in [0.717, 1.165) is 59.9 Å². The Bertz CT molecular complexity index is 1440. The molecule has 1 amide bonds. The summed E-state index contributed by atoms with van der Waals surface area (Å²) in [4.78, 5) is 23.9. The van der Waals surface area contributed by atoms with Crippen molar-refractivity contribution < 1.29 is 27.8 Å². The lowest BCUT2D eigenvalue weighted by atomic mass is 9.65. The fraction of sp³-hybridized carbons (Fsp3) is 0.458. The van der Waals surface area contributed by atoms with E-state index in [1.807, 2.05) is 0 Å². The van der Waals surface area contributed by atoms with Crippen LogP contribution in [0, 0.1) is 5.41 Å². The Morgan fingerprint density at radius 3 is 2.62 bits per heavy atom. The topological polar surface area (TPSA) is 95.5 Å². The van der Waals surface area contributed by atoms with Crippen molar-refractivity contribution >= 4 is 49.0 Å². The number of alkyl halides is 3. The van der Waals surface area contributed by atoms with Gasteiger partial charge >= 0.3 is 6.18 Å². The zero-order valence-electron chi connectivity index (χ0n) is 20.2. The van der Waals surface area contributed by atoms with Crippen molar-refractivity contribution in [2.45, 2.75) is 37.9 Å². The van der Waals surface area contributed by atoms with E-state index in [0.29, 0.717) is 16.0 Å². The maximum absolute atomic E-state index is 12.9. The average molecular weight is 556 g/mol. The Morgan fingerprint density at radius 1 is 1.27 bits per heavy atom. The minimum atomic E-state index is -4.26. The Balaban J connectivity index is 0.00000336. The van der Waals surface area contributed by atoms with E-state index in [-0.39, 0.29) is 23.3 Å². The standard InChI is InChI=1S/C24H26F3N5O3S2.H2/c1-31(37(2,34)35)22(33)15-3-5-16(6-4-15)30-17-10-23(11-17)7-8-32(13-23)20-19-9-18(12-24(25,26)27)36-21(19)29-14-28-20;/h3-6,9,14,17,30H,7-8,10-13H2,1-2H3;1H. The summed E-state index contributed by atoms with van der Waals surface area (Å²) in [6.45, 7) is 1.57. The Morgan fingerprint density at radius 2 is 1.97 bits per heavy atom. The first-order valence-electron chi connectivity index (χ1n) is 11.7. The number of aromatic nitrogens is 2. The van der Waals surface area contributed by atoms with Crippen LogP contribution in [0.2, 0.25) is 0 Å². The van der Waals surface area contributed by atoms with Crippen molar-refractivity contribution in [2.75, 3.05) is 36.6 Å². The number of nitrogens with zero attached hydrogens (tertiary/aromatic N) is 4. The molecule has 0 unspecified atom stereocenters. The summed E-state index contributed by atoms with van der Waals surface area (Å²) in [6, 6.07) is 8.56. The Hall–Kier alpha value is -2.93. The normalized spacial score (nSPS) is 21.9. The summed E-state index contributed by atoms with van der Waals surface area (Å²) in [6.07, 6.45) is 0.0364. The molecule has 0 bridgehead atoms. The molecule has 0 radical (unpaired) electrons. The average Bonchev–Trinajstić information content (AvgIpc) is 3.40. The summed E-state index contributed by atoms with van der Waals surface area (Å²) in [5, 5.41) is 4.15. The van der Waals surface area contributed by atoms with Crippen molar-refractivity contribution in [3.8, 4) is 0 Å². The maximum atomic E-state index is 12.9. The van der Waals surface area contributed by atoms with Crippen LogP contribution in [0.3, 0.4) is 0 Å². The molecule has 1 N–H and O–H groups in total. The molecule has 1 aliphatic carbocycles. The molecule has 1 saturated carbocycles. The molecule has 2 fully saturated rings. The number of hydrogen-bond acceptors (Lipinski definition) is 8. The van der Waals surface area contributed by atoms with Crippen LogP contribution in [0.25, 0.3) is 10.2 Å². The Labute approximate surface area is 218 Å². The summed E-state index contributed by atoms with van der Waals surface area (Å²) in [5.74, 6) is 0.111. The van der Waals surface area contributed by atoms with Gasteiger partial charge < -0.3 is 10.2 Å². The first kappa shape index (κ1) is 25.7. The Kier molecular flexibility index (Phi) is 6.34. The van der Waals surface area contributed by atoms with Crippen LogP contribution in [0.15, 0.2) is 36.7 Å². The predicted octanol–water partition coefficient (Wildman–Crippen LogP) is 4.54. The molecular weight excluding hydrogens is 527 g/mol. The molecular formula is C24H28F3N5O3S2. The van der Waals surface area contributed by atoms with Crippen molar-refractivity contribution in [2.24, 2.45) is 5.41 Å². The lowest BCUT2D eigenvalue weighted by Crippen LogP contribution is -2.46. The van der Waals surface area contributed by atoms with E-state index in [1.54, 1.807) is 30.3 Å². The van der Waals surface area contributed by atoms with E-state index in [9.17, 15) is 26.4 Å². The number of fused-ring (bicyclic) bond motifs is 1. The van der Waals surface area contributed by atoms with Gasteiger partial charge in [0.15, 0.2) is 0 Å². The summed E-state index contributed by atoms with van der Waals surface area (Å²) in [7, 11) is -2.39. The number of hydrogen-bond donors (Lipinski definition) is 1. The number of amides is 1. The van der Waals surface area contributed by atoms with E-state index in [2.05, 4.69) is 20.2 Å². The van der Waals surface area contributed by atoms with Crippen molar-refractivity contribution in [1.82, 2.24) is 14.3 Å². The molecule has 5 rings (SSSR count). The number of carbonyl (C=O) groups excluding carboxylic acids is 1. The first-order chi connectivity index (χ1) is 17.3. The SMILES string of the molecule is CN(C(=O)c1ccc(NC2CC3(CCN(c4ncnc5sc(CC(F)(F)F)cc45)C3)C2)cc1)S(C)(=O)=O.[HH]. The van der Waals surface area contributed by atoms with Crippen LogP contribution in [0.5, 0.6) is 0 Å². The maximum Gasteiger partial charge on any atom is 0.393 e. The van der Waals surface area contributed by atoms with Gasteiger partial charge in [0.1, 0.15) is 17.0 Å². The molecule has 13 heteroatoms. The molecule has 2 aliphatic rings. The second-order valence-electron chi connectivity index (χ2n) is 9.95. The van der Waals surface area contributed by atoms with E-state index in [4.69, 9.17) is 0 Å². The largest absolute Gasteiger partial charge is 0.393 e. The summed E-state index contributed by atoms with van der Waals surface area (Å²) in [5.41, 5.74) is 1.26. The van der Waals surface area contributed by atoms with Gasteiger partial charge in [0.2, 0.25) is 10.0 Å². The highest BCUT2D eigenvalue weighted by atomic mass is 32.2. The molecule has 1 spiro atoms. The number of benzene rings is 1. The van der Waals surface area contributed by atoms with Crippen molar-refractivity contribution in [3.63, 3.8) is 0 Å². The third-order valence-corrected chi connectivity index (χ3v) is 9.32. The lowest BCUT2D eigenvalue weighted by molar-refractivity contribution is -0.126. The van der Waals surface area contributed by atoms with E-state index in [1.165, 1.54) is 13.4 Å². The lowest BCUT2D eigenvalue weighted by Gasteiger charge is -2.46. The number of halogens is 3.